The number of nitrogens with zero attached hydrogens (tertiary/aromatic N) is 2. The second-order valence-corrected chi connectivity index (χ2v) is 5.14. The molecule has 1 atom stereocenters. The summed E-state index contributed by atoms with van der Waals surface area (Å²) in [5.74, 6) is -0.772. The first kappa shape index (κ1) is 18.1. The SMILES string of the molecule is COC[C@@H](C)NC(=S)N/N=C\c1cc(Cl)cc([N+](=O)[O-])c1[O-]. The van der Waals surface area contributed by atoms with Gasteiger partial charge in [0.15, 0.2) is 5.11 Å². The van der Waals surface area contributed by atoms with Crippen molar-refractivity contribution in [2.45, 2.75) is 13.0 Å². The molecule has 22 heavy (non-hydrogen) atoms. The molecule has 1 rings (SSSR count). The Morgan fingerprint density at radius 2 is 2.32 bits per heavy atom. The second kappa shape index (κ2) is 8.47. The summed E-state index contributed by atoms with van der Waals surface area (Å²) in [5, 5.41) is 29.5. The zero-order chi connectivity index (χ0) is 16.7. The third-order valence-electron chi connectivity index (χ3n) is 2.42. The fraction of sp³-hybridized carbons (Fsp3) is 0.333. The van der Waals surface area contributed by atoms with Crippen molar-refractivity contribution in [2.24, 2.45) is 5.10 Å². The minimum absolute atomic E-state index is 0.0144. The molecule has 0 saturated carbocycles. The van der Waals surface area contributed by atoms with Gasteiger partial charge in [0.25, 0.3) is 5.69 Å². The lowest BCUT2D eigenvalue weighted by molar-refractivity contribution is -0.398. The molecular formula is C12H14ClN4O4S-. The summed E-state index contributed by atoms with van der Waals surface area (Å²) in [6, 6.07) is 2.25. The Bertz CT molecular complexity index is 597. The fourth-order valence-electron chi connectivity index (χ4n) is 1.54. The number of nitro groups is 1. The van der Waals surface area contributed by atoms with Gasteiger partial charge in [-0.1, -0.05) is 11.6 Å². The molecule has 0 aromatic heterocycles. The van der Waals surface area contributed by atoms with E-state index in [0.717, 1.165) is 12.3 Å². The molecule has 120 valence electrons. The maximum absolute atomic E-state index is 11.8. The van der Waals surface area contributed by atoms with Crippen LogP contribution < -0.4 is 15.8 Å². The summed E-state index contributed by atoms with van der Waals surface area (Å²) < 4.78 is 4.93. The zero-order valence-electron chi connectivity index (χ0n) is 11.8. The summed E-state index contributed by atoms with van der Waals surface area (Å²) in [7, 11) is 1.56. The Balaban J connectivity index is 2.75. The Morgan fingerprint density at radius 1 is 1.64 bits per heavy atom. The monoisotopic (exact) mass is 345 g/mol. The molecule has 0 saturated heterocycles. The third kappa shape index (κ3) is 5.43. The van der Waals surface area contributed by atoms with Crippen LogP contribution in [0.5, 0.6) is 5.75 Å². The number of hydrazone groups is 1. The molecular weight excluding hydrogens is 332 g/mol. The molecule has 0 heterocycles. The van der Waals surface area contributed by atoms with Crippen LogP contribution in [-0.2, 0) is 4.74 Å². The number of nitro benzene ring substituents is 1. The number of hydrogen-bond donors (Lipinski definition) is 2. The number of ether oxygens (including phenoxy) is 1. The molecule has 10 heteroatoms. The highest BCUT2D eigenvalue weighted by molar-refractivity contribution is 7.80. The third-order valence-corrected chi connectivity index (χ3v) is 2.85. The van der Waals surface area contributed by atoms with Crippen LogP contribution in [0.15, 0.2) is 17.2 Å². The molecule has 0 spiro atoms. The summed E-state index contributed by atoms with van der Waals surface area (Å²) in [6.45, 7) is 2.31. The molecule has 1 aromatic carbocycles. The number of hydrogen-bond acceptors (Lipinski definition) is 6. The number of thiocarbonyl (C=S) groups is 1. The highest BCUT2D eigenvalue weighted by atomic mass is 35.5. The van der Waals surface area contributed by atoms with Crippen molar-refractivity contribution < 1.29 is 14.8 Å². The smallest absolute Gasteiger partial charge is 0.263 e. The minimum Gasteiger partial charge on any atom is -0.867 e. The Labute approximate surface area is 137 Å². The second-order valence-electron chi connectivity index (χ2n) is 4.30. The van der Waals surface area contributed by atoms with Gasteiger partial charge in [-0.15, -0.1) is 0 Å². The molecule has 0 bridgehead atoms. The van der Waals surface area contributed by atoms with Gasteiger partial charge >= 0.3 is 0 Å². The molecule has 0 aliphatic carbocycles. The van der Waals surface area contributed by atoms with Crippen molar-refractivity contribution in [2.75, 3.05) is 13.7 Å². The Kier molecular flexibility index (Phi) is 6.96. The van der Waals surface area contributed by atoms with E-state index in [9.17, 15) is 15.2 Å². The van der Waals surface area contributed by atoms with Crippen molar-refractivity contribution >= 4 is 40.8 Å². The number of rotatable bonds is 6. The lowest BCUT2D eigenvalue weighted by Crippen LogP contribution is -2.40. The van der Waals surface area contributed by atoms with Crippen LogP contribution in [0.25, 0.3) is 0 Å². The van der Waals surface area contributed by atoms with Gasteiger partial charge in [-0.3, -0.25) is 15.5 Å². The maximum atomic E-state index is 11.8. The van der Waals surface area contributed by atoms with E-state index >= 15 is 0 Å². The van der Waals surface area contributed by atoms with Gasteiger partial charge in [0.05, 0.1) is 17.7 Å². The van der Waals surface area contributed by atoms with Gasteiger partial charge < -0.3 is 15.2 Å². The summed E-state index contributed by atoms with van der Waals surface area (Å²) in [5.41, 5.74) is 1.88. The highest BCUT2D eigenvalue weighted by Gasteiger charge is 2.11. The number of benzene rings is 1. The lowest BCUT2D eigenvalue weighted by atomic mass is 10.2. The molecule has 0 amide bonds. The largest absolute Gasteiger partial charge is 0.867 e. The van der Waals surface area contributed by atoms with E-state index in [4.69, 9.17) is 28.6 Å². The van der Waals surface area contributed by atoms with E-state index in [2.05, 4.69) is 15.8 Å². The van der Waals surface area contributed by atoms with Crippen LogP contribution in [-0.4, -0.2) is 36.0 Å². The van der Waals surface area contributed by atoms with Gasteiger partial charge in [0, 0.05) is 24.2 Å². The average Bonchev–Trinajstić information content (AvgIpc) is 2.42. The van der Waals surface area contributed by atoms with Crippen molar-refractivity contribution in [3.63, 3.8) is 0 Å². The van der Waals surface area contributed by atoms with Crippen LogP contribution in [0, 0.1) is 10.1 Å². The molecule has 2 N–H and O–H groups in total. The van der Waals surface area contributed by atoms with Crippen molar-refractivity contribution in [1.82, 2.24) is 10.7 Å². The van der Waals surface area contributed by atoms with Crippen molar-refractivity contribution in [3.8, 4) is 5.75 Å². The van der Waals surface area contributed by atoms with Crippen LogP contribution in [0.3, 0.4) is 0 Å². The quantitative estimate of drug-likeness (QED) is 0.344. The van der Waals surface area contributed by atoms with E-state index in [1.807, 2.05) is 6.92 Å². The van der Waals surface area contributed by atoms with E-state index in [-0.39, 0.29) is 21.7 Å². The number of methoxy groups -OCH3 is 1. The predicted octanol–water partition coefficient (Wildman–Crippen LogP) is 1.15. The van der Waals surface area contributed by atoms with E-state index in [0.29, 0.717) is 6.61 Å². The fourth-order valence-corrected chi connectivity index (χ4v) is 2.01. The minimum atomic E-state index is -0.794. The number of halogens is 1. The van der Waals surface area contributed by atoms with Gasteiger partial charge in [-0.05, 0) is 36.5 Å². The summed E-state index contributed by atoms with van der Waals surface area (Å²) in [6.07, 6.45) is 1.12. The molecule has 0 aliphatic rings. The first-order valence-electron chi connectivity index (χ1n) is 6.08. The normalized spacial score (nSPS) is 12.1. The average molecular weight is 346 g/mol. The van der Waals surface area contributed by atoms with Crippen molar-refractivity contribution in [1.29, 1.82) is 0 Å². The van der Waals surface area contributed by atoms with Gasteiger partial charge in [0.1, 0.15) is 0 Å². The predicted molar refractivity (Wildman–Crippen MR) is 85.4 cm³/mol. The van der Waals surface area contributed by atoms with Crippen molar-refractivity contribution in [3.05, 3.63) is 32.8 Å². The molecule has 0 fully saturated rings. The van der Waals surface area contributed by atoms with Crippen LogP contribution in [0.1, 0.15) is 12.5 Å². The summed E-state index contributed by atoms with van der Waals surface area (Å²) in [4.78, 5) is 9.94. The topological polar surface area (TPSA) is 112 Å². The first-order valence-corrected chi connectivity index (χ1v) is 6.87. The van der Waals surface area contributed by atoms with Crippen LogP contribution in [0.4, 0.5) is 5.69 Å². The number of nitrogens with one attached hydrogen (secondary N) is 2. The van der Waals surface area contributed by atoms with Gasteiger partial charge in [0.2, 0.25) is 0 Å². The van der Waals surface area contributed by atoms with Gasteiger partial charge in [-0.25, -0.2) is 0 Å². The van der Waals surface area contributed by atoms with Gasteiger partial charge in [-0.2, -0.15) is 5.10 Å². The van der Waals surface area contributed by atoms with E-state index in [1.165, 1.54) is 6.07 Å². The Hall–Kier alpha value is -1.97. The van der Waals surface area contributed by atoms with Crippen LogP contribution >= 0.6 is 23.8 Å². The highest BCUT2D eigenvalue weighted by Crippen LogP contribution is 2.29. The molecule has 1 aromatic rings. The maximum Gasteiger partial charge on any atom is 0.263 e. The molecule has 0 radical (unpaired) electrons. The summed E-state index contributed by atoms with van der Waals surface area (Å²) >= 11 is 10.7. The van der Waals surface area contributed by atoms with E-state index in [1.54, 1.807) is 7.11 Å². The first-order chi connectivity index (χ1) is 10.3. The molecule has 0 unspecified atom stereocenters. The van der Waals surface area contributed by atoms with Crippen LogP contribution in [0.2, 0.25) is 5.02 Å². The molecule has 0 aliphatic heterocycles. The van der Waals surface area contributed by atoms with E-state index < -0.39 is 16.4 Å². The lowest BCUT2D eigenvalue weighted by Gasteiger charge is -2.14. The molecule has 8 nitrogen and oxygen atoms in total. The standard InChI is InChI=1S/C12H15ClN4O4S/c1-7(6-21-2)15-12(22)16-14-5-8-3-9(13)4-10(11(8)18)17(19)20/h3-5,7,18H,6H2,1-2H3,(H2,15,16,22)/p-1/b14-5-/t7-/m1/s1. The Morgan fingerprint density at radius 3 is 2.91 bits per heavy atom. The zero-order valence-corrected chi connectivity index (χ0v) is 13.4.